The first kappa shape index (κ1) is 24.7. The number of hydrogen-bond donors (Lipinski definition) is 2. The highest BCUT2D eigenvalue weighted by Gasteiger charge is 2.31. The minimum absolute atomic E-state index is 0.0612. The Kier molecular flexibility index (Phi) is 6.10. The molecule has 5 rings (SSSR count). The zero-order chi connectivity index (χ0) is 26.6. The van der Waals surface area contributed by atoms with Gasteiger partial charge in [-0.05, 0) is 56.2 Å². The molecule has 0 saturated heterocycles. The number of aryl methyl sites for hydroxylation is 1. The van der Waals surface area contributed by atoms with Crippen LogP contribution in [0.25, 0.3) is 16.6 Å². The summed E-state index contributed by atoms with van der Waals surface area (Å²) >= 11 is 3.22. The first-order valence-corrected chi connectivity index (χ1v) is 12.4. The molecule has 1 aliphatic rings. The van der Waals surface area contributed by atoms with Gasteiger partial charge in [-0.15, -0.1) is 0 Å². The molecule has 1 saturated carbocycles. The summed E-state index contributed by atoms with van der Waals surface area (Å²) < 4.78 is 19.1. The Morgan fingerprint density at radius 3 is 2.46 bits per heavy atom. The molecule has 0 spiro atoms. The van der Waals surface area contributed by atoms with Crippen molar-refractivity contribution in [2.45, 2.75) is 32.7 Å². The maximum atomic E-state index is 14.8. The first-order chi connectivity index (χ1) is 17.6. The Hall–Kier alpha value is -3.99. The fourth-order valence-electron chi connectivity index (χ4n) is 4.50. The lowest BCUT2D eigenvalue weighted by molar-refractivity contribution is -0.114. The van der Waals surface area contributed by atoms with Crippen LogP contribution in [0.3, 0.4) is 0 Å². The normalized spacial score (nSPS) is 13.1. The predicted octanol–water partition coefficient (Wildman–Crippen LogP) is 4.10. The van der Waals surface area contributed by atoms with Crippen molar-refractivity contribution in [3.63, 3.8) is 0 Å². The third kappa shape index (κ3) is 4.29. The molecule has 0 aliphatic heterocycles. The van der Waals surface area contributed by atoms with Crippen molar-refractivity contribution in [1.29, 1.82) is 0 Å². The van der Waals surface area contributed by atoms with Crippen molar-refractivity contribution in [2.75, 3.05) is 10.6 Å². The van der Waals surface area contributed by atoms with Gasteiger partial charge in [0.1, 0.15) is 17.0 Å². The number of anilines is 3. The highest BCUT2D eigenvalue weighted by Crippen LogP contribution is 2.34. The second-order valence-corrected chi connectivity index (χ2v) is 9.98. The lowest BCUT2D eigenvalue weighted by Crippen LogP contribution is -2.41. The number of rotatable bonds is 5. The molecule has 0 unspecified atom stereocenters. The lowest BCUT2D eigenvalue weighted by atomic mass is 10.1. The number of nitrogens with zero attached hydrogens (tertiary/aromatic N) is 3. The van der Waals surface area contributed by atoms with E-state index >= 15 is 0 Å². The van der Waals surface area contributed by atoms with Crippen molar-refractivity contribution in [1.82, 2.24) is 13.7 Å². The number of hydrogen-bond acceptors (Lipinski definition) is 5. The summed E-state index contributed by atoms with van der Waals surface area (Å²) in [6, 6.07) is 10.7. The van der Waals surface area contributed by atoms with Crippen LogP contribution >= 0.6 is 15.9 Å². The molecule has 1 amide bonds. The van der Waals surface area contributed by atoms with E-state index in [1.807, 2.05) is 0 Å². The third-order valence-electron chi connectivity index (χ3n) is 6.36. The van der Waals surface area contributed by atoms with Crippen LogP contribution in [0.2, 0.25) is 0 Å². The molecule has 1 aliphatic carbocycles. The average Bonchev–Trinajstić information content (AvgIpc) is 3.67. The molecule has 0 atom stereocenters. The van der Waals surface area contributed by atoms with Gasteiger partial charge >= 0.3 is 5.69 Å². The standard InChI is InChI=1S/C26H23BrFN5O4/c1-13-22-21(23(31(3)24(13)35)30-20-10-7-15(27)11-19(20)28)25(36)33(17-8-9-17)26(37)32(22)18-6-4-5-16(12-18)29-14(2)34/h4-7,10-12,17,30H,8-9H2,1-3H3,(H,29,34). The Morgan fingerprint density at radius 1 is 1.08 bits per heavy atom. The van der Waals surface area contributed by atoms with E-state index in [1.54, 1.807) is 37.3 Å². The van der Waals surface area contributed by atoms with E-state index in [0.717, 1.165) is 0 Å². The summed E-state index contributed by atoms with van der Waals surface area (Å²) in [6.45, 7) is 2.91. The fourth-order valence-corrected chi connectivity index (χ4v) is 4.83. The van der Waals surface area contributed by atoms with E-state index in [0.29, 0.717) is 28.7 Å². The van der Waals surface area contributed by atoms with Crippen molar-refractivity contribution in [3.8, 4) is 5.69 Å². The van der Waals surface area contributed by atoms with Gasteiger partial charge in [0.05, 0.1) is 16.9 Å². The van der Waals surface area contributed by atoms with Crippen LogP contribution in [-0.2, 0) is 11.8 Å². The van der Waals surface area contributed by atoms with Gasteiger partial charge in [-0.2, -0.15) is 0 Å². The Bertz CT molecular complexity index is 1790. The Morgan fingerprint density at radius 2 is 1.81 bits per heavy atom. The van der Waals surface area contributed by atoms with Crippen molar-refractivity contribution < 1.29 is 9.18 Å². The summed E-state index contributed by atoms with van der Waals surface area (Å²) in [7, 11) is 1.49. The van der Waals surface area contributed by atoms with Gasteiger partial charge in [0.15, 0.2) is 0 Å². The minimum Gasteiger partial charge on any atom is -0.338 e. The van der Waals surface area contributed by atoms with Crippen LogP contribution < -0.4 is 27.4 Å². The second-order valence-electron chi connectivity index (χ2n) is 9.07. The van der Waals surface area contributed by atoms with E-state index in [9.17, 15) is 23.6 Å². The highest BCUT2D eigenvalue weighted by molar-refractivity contribution is 9.10. The zero-order valence-corrected chi connectivity index (χ0v) is 21.8. The number of halogens is 2. The second kappa shape index (κ2) is 9.15. The predicted molar refractivity (Wildman–Crippen MR) is 144 cm³/mol. The molecule has 11 heteroatoms. The maximum Gasteiger partial charge on any atom is 0.336 e. The zero-order valence-electron chi connectivity index (χ0n) is 20.3. The number of pyridine rings is 1. The van der Waals surface area contributed by atoms with Crippen molar-refractivity contribution >= 4 is 49.9 Å². The quantitative estimate of drug-likeness (QED) is 0.377. The average molecular weight is 568 g/mol. The molecule has 0 bridgehead atoms. The topological polar surface area (TPSA) is 107 Å². The smallest absolute Gasteiger partial charge is 0.336 e. The number of fused-ring (bicyclic) bond motifs is 1. The fraction of sp³-hybridized carbons (Fsp3) is 0.231. The molecule has 2 aromatic carbocycles. The summed E-state index contributed by atoms with van der Waals surface area (Å²) in [5.41, 5.74) is -0.420. The molecule has 2 N–H and O–H groups in total. The number of aromatic nitrogens is 3. The first-order valence-electron chi connectivity index (χ1n) is 11.6. The Balaban J connectivity index is 1.90. The van der Waals surface area contributed by atoms with Crippen LogP contribution in [0, 0.1) is 12.7 Å². The lowest BCUT2D eigenvalue weighted by Gasteiger charge is -2.21. The van der Waals surface area contributed by atoms with Crippen LogP contribution in [0.1, 0.15) is 31.4 Å². The van der Waals surface area contributed by atoms with Crippen LogP contribution in [0.5, 0.6) is 0 Å². The van der Waals surface area contributed by atoms with E-state index in [2.05, 4.69) is 26.6 Å². The van der Waals surface area contributed by atoms with Crippen molar-refractivity contribution in [2.24, 2.45) is 7.05 Å². The highest BCUT2D eigenvalue weighted by atomic mass is 79.9. The molecular formula is C26H23BrFN5O4. The molecule has 190 valence electrons. The van der Waals surface area contributed by atoms with Gasteiger partial charge in [-0.3, -0.25) is 28.1 Å². The molecule has 9 nitrogen and oxygen atoms in total. The number of nitrogens with one attached hydrogen (secondary N) is 2. The largest absolute Gasteiger partial charge is 0.338 e. The summed E-state index contributed by atoms with van der Waals surface area (Å²) in [6.07, 6.45) is 1.34. The monoisotopic (exact) mass is 567 g/mol. The molecule has 1 fully saturated rings. The van der Waals surface area contributed by atoms with Crippen LogP contribution in [0.15, 0.2) is 61.3 Å². The number of amides is 1. The number of benzene rings is 2. The van der Waals surface area contributed by atoms with Gasteiger partial charge in [-0.25, -0.2) is 9.18 Å². The van der Waals surface area contributed by atoms with Gasteiger partial charge in [-0.1, -0.05) is 22.0 Å². The van der Waals surface area contributed by atoms with Crippen LogP contribution in [0.4, 0.5) is 21.6 Å². The molecule has 37 heavy (non-hydrogen) atoms. The maximum absolute atomic E-state index is 14.8. The summed E-state index contributed by atoms with van der Waals surface area (Å²) in [5.74, 6) is -0.808. The van der Waals surface area contributed by atoms with Crippen molar-refractivity contribution in [3.05, 3.63) is 89.5 Å². The molecule has 4 aromatic rings. The van der Waals surface area contributed by atoms with Gasteiger partial charge < -0.3 is 10.6 Å². The van der Waals surface area contributed by atoms with E-state index < -0.39 is 22.6 Å². The third-order valence-corrected chi connectivity index (χ3v) is 6.86. The van der Waals surface area contributed by atoms with E-state index in [4.69, 9.17) is 0 Å². The molecule has 2 aromatic heterocycles. The van der Waals surface area contributed by atoms with E-state index in [1.165, 1.54) is 39.8 Å². The Labute approximate surface area is 218 Å². The molecule has 0 radical (unpaired) electrons. The van der Waals surface area contributed by atoms with E-state index in [-0.39, 0.29) is 39.9 Å². The minimum atomic E-state index is -0.589. The number of carbonyl (C=O) groups is 1. The van der Waals surface area contributed by atoms with Crippen LogP contribution in [-0.4, -0.2) is 19.6 Å². The SMILES string of the molecule is CC(=O)Nc1cccc(-n2c(=O)n(C3CC3)c(=O)c3c(Nc4ccc(Br)cc4F)n(C)c(=O)c(C)c32)c1. The van der Waals surface area contributed by atoms with Gasteiger partial charge in [0.25, 0.3) is 11.1 Å². The number of carbonyl (C=O) groups excluding carboxylic acids is 1. The van der Waals surface area contributed by atoms with Gasteiger partial charge in [0.2, 0.25) is 5.91 Å². The molecule has 2 heterocycles. The van der Waals surface area contributed by atoms with Gasteiger partial charge in [0, 0.05) is 35.7 Å². The molecular weight excluding hydrogens is 545 g/mol. The summed E-state index contributed by atoms with van der Waals surface area (Å²) in [4.78, 5) is 52.6. The summed E-state index contributed by atoms with van der Waals surface area (Å²) in [5, 5.41) is 5.69.